The van der Waals surface area contributed by atoms with E-state index in [0.29, 0.717) is 0 Å². The minimum Gasteiger partial charge on any atom is -0.308 e. The molecular formula is C16H22BrN3. The van der Waals surface area contributed by atoms with Crippen molar-refractivity contribution < 1.29 is 0 Å². The highest BCUT2D eigenvalue weighted by Gasteiger charge is 2.13. The summed E-state index contributed by atoms with van der Waals surface area (Å²) in [5.74, 6) is 0. The number of hydrogen-bond acceptors (Lipinski definition) is 2. The van der Waals surface area contributed by atoms with Crippen LogP contribution in [0, 0.1) is 13.8 Å². The fraction of sp³-hybridized carbons (Fsp3) is 0.438. The van der Waals surface area contributed by atoms with Gasteiger partial charge in [-0.2, -0.15) is 5.10 Å². The number of aryl methyl sites for hydroxylation is 2. The topological polar surface area (TPSA) is 29.9 Å². The lowest BCUT2D eigenvalue weighted by atomic mass is 10.1. The average Bonchev–Trinajstić information content (AvgIpc) is 2.65. The molecule has 0 aliphatic rings. The summed E-state index contributed by atoms with van der Waals surface area (Å²) in [6.07, 6.45) is 0. The first kappa shape index (κ1) is 15.3. The lowest BCUT2D eigenvalue weighted by molar-refractivity contribution is 0.423. The van der Waals surface area contributed by atoms with Crippen molar-refractivity contribution in [3.05, 3.63) is 45.7 Å². The van der Waals surface area contributed by atoms with Crippen LogP contribution in [0.25, 0.3) is 5.69 Å². The lowest BCUT2D eigenvalue weighted by Crippen LogP contribution is -2.35. The summed E-state index contributed by atoms with van der Waals surface area (Å²) in [5.41, 5.74) is 4.66. The first-order valence-corrected chi connectivity index (χ1v) is 7.63. The summed E-state index contributed by atoms with van der Waals surface area (Å²) < 4.78 is 3.08. The molecule has 20 heavy (non-hydrogen) atoms. The summed E-state index contributed by atoms with van der Waals surface area (Å²) >= 11 is 3.55. The fourth-order valence-electron chi connectivity index (χ4n) is 2.12. The predicted molar refractivity (Wildman–Crippen MR) is 87.3 cm³/mol. The monoisotopic (exact) mass is 335 g/mol. The lowest BCUT2D eigenvalue weighted by Gasteiger charge is -2.22. The maximum atomic E-state index is 4.59. The number of rotatable bonds is 3. The SMILES string of the molecule is Cc1cc(C)n(-c2cc(Br)ccc2CNC(C)(C)C)n1. The van der Waals surface area contributed by atoms with Crippen molar-refractivity contribution in [2.45, 2.75) is 46.7 Å². The van der Waals surface area contributed by atoms with E-state index in [1.54, 1.807) is 0 Å². The smallest absolute Gasteiger partial charge is 0.0704 e. The second kappa shape index (κ2) is 5.70. The molecule has 108 valence electrons. The predicted octanol–water partition coefficient (Wildman–Crippen LogP) is 4.14. The van der Waals surface area contributed by atoms with Crippen molar-refractivity contribution >= 4 is 15.9 Å². The average molecular weight is 336 g/mol. The largest absolute Gasteiger partial charge is 0.308 e. The van der Waals surface area contributed by atoms with Gasteiger partial charge >= 0.3 is 0 Å². The Hall–Kier alpha value is -1.13. The van der Waals surface area contributed by atoms with Crippen LogP contribution in [-0.2, 0) is 6.54 Å². The van der Waals surface area contributed by atoms with E-state index >= 15 is 0 Å². The van der Waals surface area contributed by atoms with Crippen molar-refractivity contribution in [1.82, 2.24) is 15.1 Å². The molecule has 1 aromatic heterocycles. The Balaban J connectivity index is 2.41. The number of benzene rings is 1. The zero-order valence-electron chi connectivity index (χ0n) is 12.8. The third-order valence-electron chi connectivity index (χ3n) is 3.09. The molecule has 4 heteroatoms. The number of nitrogens with zero attached hydrogens (tertiary/aromatic N) is 2. The highest BCUT2D eigenvalue weighted by molar-refractivity contribution is 9.10. The first-order valence-electron chi connectivity index (χ1n) is 6.83. The van der Waals surface area contributed by atoms with Crippen LogP contribution < -0.4 is 5.32 Å². The first-order chi connectivity index (χ1) is 9.26. The van der Waals surface area contributed by atoms with Crippen LogP contribution in [0.2, 0.25) is 0 Å². The van der Waals surface area contributed by atoms with Crippen LogP contribution in [0.4, 0.5) is 0 Å². The zero-order chi connectivity index (χ0) is 14.9. The molecule has 0 fully saturated rings. The molecule has 0 aliphatic carbocycles. The van der Waals surface area contributed by atoms with Crippen LogP contribution in [0.3, 0.4) is 0 Å². The molecule has 0 aliphatic heterocycles. The van der Waals surface area contributed by atoms with Gasteiger partial charge in [0.25, 0.3) is 0 Å². The molecule has 3 nitrogen and oxygen atoms in total. The Bertz CT molecular complexity index is 609. The van der Waals surface area contributed by atoms with E-state index in [0.717, 1.165) is 28.1 Å². The Morgan fingerprint density at radius 1 is 1.20 bits per heavy atom. The summed E-state index contributed by atoms with van der Waals surface area (Å²) in [7, 11) is 0. The van der Waals surface area contributed by atoms with Gasteiger partial charge in [0.15, 0.2) is 0 Å². The number of hydrogen-bond donors (Lipinski definition) is 1. The highest BCUT2D eigenvalue weighted by Crippen LogP contribution is 2.22. The molecule has 1 N–H and O–H groups in total. The molecular weight excluding hydrogens is 314 g/mol. The van der Waals surface area contributed by atoms with Gasteiger partial charge in [0, 0.05) is 22.3 Å². The molecule has 0 spiro atoms. The van der Waals surface area contributed by atoms with E-state index < -0.39 is 0 Å². The number of nitrogens with one attached hydrogen (secondary N) is 1. The van der Waals surface area contributed by atoms with Gasteiger partial charge in [-0.1, -0.05) is 22.0 Å². The summed E-state index contributed by atoms with van der Waals surface area (Å²) in [6.45, 7) is 11.5. The molecule has 0 unspecified atom stereocenters. The van der Waals surface area contributed by atoms with E-state index in [4.69, 9.17) is 0 Å². The Morgan fingerprint density at radius 2 is 1.90 bits per heavy atom. The third kappa shape index (κ3) is 3.70. The normalized spacial score (nSPS) is 11.9. The van der Waals surface area contributed by atoms with Gasteiger partial charge in [0.1, 0.15) is 0 Å². The van der Waals surface area contributed by atoms with E-state index in [1.807, 2.05) is 11.6 Å². The van der Waals surface area contributed by atoms with Crippen LogP contribution in [0.15, 0.2) is 28.7 Å². The molecule has 0 saturated carbocycles. The van der Waals surface area contributed by atoms with Crippen LogP contribution >= 0.6 is 15.9 Å². The van der Waals surface area contributed by atoms with Crippen molar-refractivity contribution in [3.63, 3.8) is 0 Å². The highest BCUT2D eigenvalue weighted by atomic mass is 79.9. The standard InChI is InChI=1S/C16H22BrN3/c1-11-8-12(2)20(19-11)15-9-14(17)7-6-13(15)10-18-16(3,4)5/h6-9,18H,10H2,1-5H3. The molecule has 0 atom stereocenters. The van der Waals surface area contributed by atoms with E-state index in [-0.39, 0.29) is 5.54 Å². The molecule has 2 rings (SSSR count). The van der Waals surface area contributed by atoms with E-state index in [2.05, 4.69) is 78.3 Å². The number of aromatic nitrogens is 2. The summed E-state index contributed by atoms with van der Waals surface area (Å²) in [5, 5.41) is 8.13. The van der Waals surface area contributed by atoms with Crippen molar-refractivity contribution in [2.24, 2.45) is 0 Å². The molecule has 1 heterocycles. The van der Waals surface area contributed by atoms with Gasteiger partial charge in [-0.15, -0.1) is 0 Å². The van der Waals surface area contributed by atoms with Crippen LogP contribution in [-0.4, -0.2) is 15.3 Å². The van der Waals surface area contributed by atoms with Crippen molar-refractivity contribution in [2.75, 3.05) is 0 Å². The summed E-state index contributed by atoms with van der Waals surface area (Å²) in [6, 6.07) is 8.45. The molecule has 1 aromatic carbocycles. The van der Waals surface area contributed by atoms with E-state index in [9.17, 15) is 0 Å². The number of halogens is 1. The van der Waals surface area contributed by atoms with Gasteiger partial charge in [0.2, 0.25) is 0 Å². The van der Waals surface area contributed by atoms with Gasteiger partial charge in [-0.05, 0) is 58.4 Å². The maximum absolute atomic E-state index is 4.59. The van der Waals surface area contributed by atoms with Crippen LogP contribution in [0.5, 0.6) is 0 Å². The Morgan fingerprint density at radius 3 is 2.45 bits per heavy atom. The van der Waals surface area contributed by atoms with Gasteiger partial charge in [-0.3, -0.25) is 0 Å². The summed E-state index contributed by atoms with van der Waals surface area (Å²) in [4.78, 5) is 0. The molecule has 2 aromatic rings. The minimum atomic E-state index is 0.0966. The fourth-order valence-corrected chi connectivity index (χ4v) is 2.47. The van der Waals surface area contributed by atoms with Crippen molar-refractivity contribution in [3.8, 4) is 5.69 Å². The van der Waals surface area contributed by atoms with Gasteiger partial charge in [0.05, 0.1) is 11.4 Å². The zero-order valence-corrected chi connectivity index (χ0v) is 14.4. The van der Waals surface area contributed by atoms with Crippen LogP contribution in [0.1, 0.15) is 37.7 Å². The second-order valence-corrected chi connectivity index (χ2v) is 7.13. The van der Waals surface area contributed by atoms with E-state index in [1.165, 1.54) is 5.56 Å². The third-order valence-corrected chi connectivity index (χ3v) is 3.59. The molecule has 0 amide bonds. The Kier molecular flexibility index (Phi) is 4.35. The van der Waals surface area contributed by atoms with Crippen molar-refractivity contribution in [1.29, 1.82) is 0 Å². The Labute approximate surface area is 129 Å². The molecule has 0 bridgehead atoms. The van der Waals surface area contributed by atoms with Gasteiger partial charge < -0.3 is 5.32 Å². The van der Waals surface area contributed by atoms with Gasteiger partial charge in [-0.25, -0.2) is 4.68 Å². The molecule has 0 radical (unpaired) electrons. The maximum Gasteiger partial charge on any atom is 0.0704 e. The minimum absolute atomic E-state index is 0.0966. The molecule has 0 saturated heterocycles. The second-order valence-electron chi connectivity index (χ2n) is 6.22. The quantitative estimate of drug-likeness (QED) is 0.913.